The first kappa shape index (κ1) is 25.3. The van der Waals surface area contributed by atoms with Crippen LogP contribution >= 0.6 is 0 Å². The summed E-state index contributed by atoms with van der Waals surface area (Å²) in [5.74, 6) is 1.78. The molecule has 0 bridgehead atoms. The van der Waals surface area contributed by atoms with Crippen LogP contribution < -0.4 is 28.4 Å². The Morgan fingerprint density at radius 3 is 1.53 bits per heavy atom. The molecule has 1 aliphatic heterocycles. The number of aliphatic carboxylic acids is 1. The fourth-order valence-electron chi connectivity index (χ4n) is 4.58. The summed E-state index contributed by atoms with van der Waals surface area (Å²) < 4.78 is 33.4. The highest BCUT2D eigenvalue weighted by Gasteiger charge is 2.33. The van der Waals surface area contributed by atoms with Gasteiger partial charge in [0.2, 0.25) is 11.5 Å². The van der Waals surface area contributed by atoms with Gasteiger partial charge < -0.3 is 33.5 Å². The number of nitrogens with zero attached hydrogens (tertiary/aromatic N) is 1. The molecule has 1 heterocycles. The van der Waals surface area contributed by atoms with E-state index in [4.69, 9.17) is 28.4 Å². The van der Waals surface area contributed by atoms with Crippen molar-refractivity contribution in [3.8, 4) is 34.5 Å². The van der Waals surface area contributed by atoms with Crippen molar-refractivity contribution in [2.24, 2.45) is 5.92 Å². The largest absolute Gasteiger partial charge is 0.493 e. The summed E-state index contributed by atoms with van der Waals surface area (Å²) >= 11 is 0. The summed E-state index contributed by atoms with van der Waals surface area (Å²) in [6, 6.07) is 7.22. The number of methoxy groups -OCH3 is 6. The Hall–Kier alpha value is -3.33. The van der Waals surface area contributed by atoms with E-state index in [1.165, 1.54) is 0 Å². The number of hydrogen-bond acceptors (Lipinski definition) is 8. The lowest BCUT2D eigenvalue weighted by atomic mass is 9.90. The van der Waals surface area contributed by atoms with Gasteiger partial charge in [-0.3, -0.25) is 9.69 Å². The van der Waals surface area contributed by atoms with E-state index in [9.17, 15) is 9.90 Å². The van der Waals surface area contributed by atoms with Gasteiger partial charge in [-0.2, -0.15) is 0 Å². The molecule has 1 N–H and O–H groups in total. The van der Waals surface area contributed by atoms with Crippen molar-refractivity contribution in [3.05, 3.63) is 35.4 Å². The van der Waals surface area contributed by atoms with Crippen molar-refractivity contribution < 1.29 is 38.3 Å². The second-order valence-corrected chi connectivity index (χ2v) is 7.99. The second kappa shape index (κ2) is 11.2. The van der Waals surface area contributed by atoms with Crippen molar-refractivity contribution in [2.75, 3.05) is 55.7 Å². The molecule has 1 aliphatic rings. The third kappa shape index (κ3) is 4.94. The minimum absolute atomic E-state index is 0.329. The van der Waals surface area contributed by atoms with Crippen molar-refractivity contribution in [1.29, 1.82) is 0 Å². The number of piperidine rings is 1. The summed E-state index contributed by atoms with van der Waals surface area (Å²) in [7, 11) is 9.37. The summed E-state index contributed by atoms with van der Waals surface area (Å²) in [6.07, 6.45) is 1.41. The lowest BCUT2D eigenvalue weighted by Crippen LogP contribution is -2.41. The molecular weight excluding hydrogens is 442 g/mol. The standard InChI is InChI=1S/C25H33NO8/c1-29-18-10-16(11-19(30-2)23(18)33-5)22(26-9-7-8-15(14-26)25(27)28)17-12-20(31-3)24(34-6)21(13-17)32-4/h10-13,15,22H,7-9,14H2,1-6H3,(H,27,28). The van der Waals surface area contributed by atoms with Gasteiger partial charge in [-0.25, -0.2) is 0 Å². The zero-order valence-electron chi connectivity index (χ0n) is 20.5. The van der Waals surface area contributed by atoms with E-state index in [0.717, 1.165) is 24.1 Å². The van der Waals surface area contributed by atoms with Crippen LogP contribution in [0.15, 0.2) is 24.3 Å². The van der Waals surface area contributed by atoms with E-state index < -0.39 is 11.9 Å². The van der Waals surface area contributed by atoms with Gasteiger partial charge in [0, 0.05) is 6.54 Å². The first-order valence-electron chi connectivity index (χ1n) is 11.0. The van der Waals surface area contributed by atoms with Gasteiger partial charge in [-0.15, -0.1) is 0 Å². The van der Waals surface area contributed by atoms with E-state index >= 15 is 0 Å². The minimum atomic E-state index is -0.793. The second-order valence-electron chi connectivity index (χ2n) is 7.99. The van der Waals surface area contributed by atoms with E-state index in [1.54, 1.807) is 42.7 Å². The molecule has 2 aromatic rings. The minimum Gasteiger partial charge on any atom is -0.493 e. The van der Waals surface area contributed by atoms with Crippen molar-refractivity contribution in [3.63, 3.8) is 0 Å². The van der Waals surface area contributed by atoms with Crippen LogP contribution in [0.2, 0.25) is 0 Å². The number of carboxylic acids is 1. The molecular formula is C25H33NO8. The van der Waals surface area contributed by atoms with Crippen LogP contribution in [0, 0.1) is 5.92 Å². The normalized spacial score (nSPS) is 16.1. The Kier molecular flexibility index (Phi) is 8.33. The van der Waals surface area contributed by atoms with Gasteiger partial charge in [0.15, 0.2) is 23.0 Å². The fourth-order valence-corrected chi connectivity index (χ4v) is 4.58. The number of hydrogen-bond donors (Lipinski definition) is 1. The Labute approximate surface area is 200 Å². The maximum atomic E-state index is 11.8. The molecule has 1 fully saturated rings. The highest BCUT2D eigenvalue weighted by molar-refractivity contribution is 5.70. The van der Waals surface area contributed by atoms with Gasteiger partial charge in [-0.05, 0) is 54.8 Å². The van der Waals surface area contributed by atoms with Crippen molar-refractivity contribution in [1.82, 2.24) is 4.90 Å². The number of carbonyl (C=O) groups is 1. The van der Waals surface area contributed by atoms with Crippen LogP contribution in [0.1, 0.15) is 30.0 Å². The maximum Gasteiger partial charge on any atom is 0.307 e. The topological polar surface area (TPSA) is 95.9 Å². The molecule has 0 spiro atoms. The number of carboxylic acid groups (broad SMARTS) is 1. The number of benzene rings is 2. The van der Waals surface area contributed by atoms with Crippen LogP contribution in [-0.4, -0.2) is 71.7 Å². The zero-order valence-corrected chi connectivity index (χ0v) is 20.5. The highest BCUT2D eigenvalue weighted by Crippen LogP contribution is 2.46. The van der Waals surface area contributed by atoms with E-state index in [1.807, 2.05) is 24.3 Å². The number of likely N-dealkylation sites (tertiary alicyclic amines) is 1. The summed E-state index contributed by atoms with van der Waals surface area (Å²) in [5, 5.41) is 9.70. The van der Waals surface area contributed by atoms with Crippen LogP contribution in [0.5, 0.6) is 34.5 Å². The van der Waals surface area contributed by atoms with Crippen LogP contribution in [0.4, 0.5) is 0 Å². The molecule has 3 rings (SSSR count). The molecule has 0 radical (unpaired) electrons. The van der Waals surface area contributed by atoms with Gasteiger partial charge >= 0.3 is 5.97 Å². The molecule has 0 saturated carbocycles. The summed E-state index contributed by atoms with van der Waals surface area (Å²) in [4.78, 5) is 14.0. The third-order valence-electron chi connectivity index (χ3n) is 6.17. The van der Waals surface area contributed by atoms with Crippen molar-refractivity contribution >= 4 is 5.97 Å². The molecule has 9 heteroatoms. The SMILES string of the molecule is COc1cc(C(c2cc(OC)c(OC)c(OC)c2)N2CCCC(C(=O)O)C2)cc(OC)c1OC. The molecule has 0 amide bonds. The maximum absolute atomic E-state index is 11.8. The predicted molar refractivity (Wildman–Crippen MR) is 126 cm³/mol. The van der Waals surface area contributed by atoms with Gasteiger partial charge in [-0.1, -0.05) is 0 Å². The van der Waals surface area contributed by atoms with Gasteiger partial charge in [0.05, 0.1) is 54.6 Å². The van der Waals surface area contributed by atoms with E-state index in [2.05, 4.69) is 4.90 Å². The third-order valence-corrected chi connectivity index (χ3v) is 6.17. The average molecular weight is 476 g/mol. The molecule has 1 unspecified atom stereocenters. The Bertz CT molecular complexity index is 895. The lowest BCUT2D eigenvalue weighted by molar-refractivity contribution is -0.143. The van der Waals surface area contributed by atoms with Crippen LogP contribution in [0.25, 0.3) is 0 Å². The van der Waals surface area contributed by atoms with Crippen molar-refractivity contribution in [2.45, 2.75) is 18.9 Å². The first-order chi connectivity index (χ1) is 16.4. The fraction of sp³-hybridized carbons (Fsp3) is 0.480. The van der Waals surface area contributed by atoms with E-state index in [-0.39, 0.29) is 6.04 Å². The molecule has 9 nitrogen and oxygen atoms in total. The summed E-state index contributed by atoms with van der Waals surface area (Å²) in [5.41, 5.74) is 1.71. The molecule has 0 aliphatic carbocycles. The zero-order chi connectivity index (χ0) is 24.8. The Morgan fingerprint density at radius 2 is 1.21 bits per heavy atom. The quantitative estimate of drug-likeness (QED) is 0.553. The molecule has 2 aromatic carbocycles. The molecule has 0 aromatic heterocycles. The first-order valence-corrected chi connectivity index (χ1v) is 11.0. The van der Waals surface area contributed by atoms with Crippen LogP contribution in [0.3, 0.4) is 0 Å². The average Bonchev–Trinajstić information content (AvgIpc) is 2.87. The van der Waals surface area contributed by atoms with Gasteiger partial charge in [0.25, 0.3) is 0 Å². The Balaban J connectivity index is 2.23. The molecule has 1 atom stereocenters. The smallest absolute Gasteiger partial charge is 0.307 e. The predicted octanol–water partition coefficient (Wildman–Crippen LogP) is 3.62. The monoisotopic (exact) mass is 475 g/mol. The highest BCUT2D eigenvalue weighted by atomic mass is 16.5. The molecule has 186 valence electrons. The number of rotatable bonds is 10. The number of ether oxygens (including phenoxy) is 6. The van der Waals surface area contributed by atoms with Crippen LogP contribution in [-0.2, 0) is 4.79 Å². The Morgan fingerprint density at radius 1 is 0.794 bits per heavy atom. The molecule has 1 saturated heterocycles. The van der Waals surface area contributed by atoms with E-state index in [0.29, 0.717) is 47.5 Å². The molecule has 34 heavy (non-hydrogen) atoms. The lowest BCUT2D eigenvalue weighted by Gasteiger charge is -2.38. The summed E-state index contributed by atoms with van der Waals surface area (Å²) in [6.45, 7) is 1.12. The van der Waals surface area contributed by atoms with Gasteiger partial charge in [0.1, 0.15) is 0 Å².